The van der Waals surface area contributed by atoms with Crippen molar-refractivity contribution in [2.45, 2.75) is 13.5 Å². The Balaban J connectivity index is 2.24. The molecule has 0 aliphatic heterocycles. The maximum atomic E-state index is 13.0. The average molecular weight is 290 g/mol. The van der Waals surface area contributed by atoms with Crippen molar-refractivity contribution in [2.75, 3.05) is 7.11 Å². The fraction of sp³-hybridized carbons (Fsp3) is 0.188. The van der Waals surface area contributed by atoms with E-state index < -0.39 is 5.97 Å². The van der Waals surface area contributed by atoms with Gasteiger partial charge in [0.25, 0.3) is 0 Å². The second-order valence-electron chi connectivity index (χ2n) is 4.53. The zero-order valence-corrected chi connectivity index (χ0v) is 11.7. The molecule has 2 rings (SSSR count). The van der Waals surface area contributed by atoms with Gasteiger partial charge in [-0.05, 0) is 42.3 Å². The Kier molecular flexibility index (Phi) is 4.42. The van der Waals surface area contributed by atoms with Gasteiger partial charge in [0.1, 0.15) is 29.5 Å². The molecule has 0 spiro atoms. The van der Waals surface area contributed by atoms with Crippen LogP contribution < -0.4 is 9.47 Å². The molecular formula is C16H15FO4. The van der Waals surface area contributed by atoms with Crippen LogP contribution in [0.1, 0.15) is 21.5 Å². The molecule has 2 aromatic carbocycles. The quantitative estimate of drug-likeness (QED) is 0.916. The van der Waals surface area contributed by atoms with Gasteiger partial charge in [0.2, 0.25) is 0 Å². The lowest BCUT2D eigenvalue weighted by Gasteiger charge is -2.12. The molecule has 5 heteroatoms. The first-order valence-corrected chi connectivity index (χ1v) is 6.30. The molecule has 2 aromatic rings. The smallest absolute Gasteiger partial charge is 0.339 e. The molecule has 110 valence electrons. The van der Waals surface area contributed by atoms with Gasteiger partial charge in [-0.15, -0.1) is 0 Å². The van der Waals surface area contributed by atoms with Gasteiger partial charge in [-0.3, -0.25) is 0 Å². The maximum absolute atomic E-state index is 13.0. The molecule has 0 unspecified atom stereocenters. The predicted octanol–water partition coefficient (Wildman–Crippen LogP) is 3.42. The van der Waals surface area contributed by atoms with Crippen LogP contribution >= 0.6 is 0 Å². The number of halogens is 1. The minimum Gasteiger partial charge on any atom is -0.497 e. The van der Waals surface area contributed by atoms with Crippen LogP contribution in [-0.2, 0) is 6.61 Å². The van der Waals surface area contributed by atoms with E-state index in [9.17, 15) is 9.18 Å². The van der Waals surface area contributed by atoms with Gasteiger partial charge < -0.3 is 14.6 Å². The van der Waals surface area contributed by atoms with E-state index in [0.717, 1.165) is 11.1 Å². The fourth-order valence-electron chi connectivity index (χ4n) is 1.90. The summed E-state index contributed by atoms with van der Waals surface area (Å²) in [4.78, 5) is 11.2. The van der Waals surface area contributed by atoms with E-state index >= 15 is 0 Å². The van der Waals surface area contributed by atoms with Crippen LogP contribution in [0.2, 0.25) is 0 Å². The van der Waals surface area contributed by atoms with Crippen LogP contribution in [0.3, 0.4) is 0 Å². The van der Waals surface area contributed by atoms with Gasteiger partial charge >= 0.3 is 5.97 Å². The van der Waals surface area contributed by atoms with E-state index in [1.807, 2.05) is 0 Å². The third-order valence-electron chi connectivity index (χ3n) is 3.11. The summed E-state index contributed by atoms with van der Waals surface area (Å²) in [6.45, 7) is 1.92. The molecule has 0 atom stereocenters. The number of aromatic carboxylic acids is 1. The minimum atomic E-state index is -1.08. The lowest BCUT2D eigenvalue weighted by molar-refractivity contribution is 0.0691. The average Bonchev–Trinajstić information content (AvgIpc) is 2.45. The first-order valence-electron chi connectivity index (χ1n) is 6.30. The SMILES string of the molecule is COc1ccc(C(=O)O)c(OCc2ccc(F)cc2C)c1. The second kappa shape index (κ2) is 6.26. The Morgan fingerprint density at radius 2 is 2.00 bits per heavy atom. The Morgan fingerprint density at radius 3 is 2.62 bits per heavy atom. The van der Waals surface area contributed by atoms with E-state index in [0.29, 0.717) is 5.75 Å². The highest BCUT2D eigenvalue weighted by Crippen LogP contribution is 2.26. The molecule has 0 amide bonds. The number of carbonyl (C=O) groups is 1. The van der Waals surface area contributed by atoms with Gasteiger partial charge in [0, 0.05) is 6.07 Å². The summed E-state index contributed by atoms with van der Waals surface area (Å²) < 4.78 is 23.7. The van der Waals surface area contributed by atoms with Crippen molar-refractivity contribution >= 4 is 5.97 Å². The van der Waals surface area contributed by atoms with Crippen molar-refractivity contribution in [3.05, 3.63) is 58.9 Å². The van der Waals surface area contributed by atoms with Crippen LogP contribution in [0.25, 0.3) is 0 Å². The van der Waals surface area contributed by atoms with E-state index in [1.54, 1.807) is 19.1 Å². The highest BCUT2D eigenvalue weighted by Gasteiger charge is 2.13. The van der Waals surface area contributed by atoms with Crippen molar-refractivity contribution in [1.29, 1.82) is 0 Å². The zero-order valence-electron chi connectivity index (χ0n) is 11.7. The number of aryl methyl sites for hydroxylation is 1. The van der Waals surface area contributed by atoms with Crippen molar-refractivity contribution in [3.63, 3.8) is 0 Å². The van der Waals surface area contributed by atoms with Gasteiger partial charge in [0.05, 0.1) is 7.11 Å². The lowest BCUT2D eigenvalue weighted by Crippen LogP contribution is -2.04. The molecule has 0 fully saturated rings. The van der Waals surface area contributed by atoms with E-state index in [4.69, 9.17) is 14.6 Å². The molecule has 0 saturated heterocycles. The van der Waals surface area contributed by atoms with Crippen molar-refractivity contribution < 1.29 is 23.8 Å². The number of hydrogen-bond acceptors (Lipinski definition) is 3. The molecule has 1 N–H and O–H groups in total. The van der Waals surface area contributed by atoms with Gasteiger partial charge in [-0.2, -0.15) is 0 Å². The van der Waals surface area contributed by atoms with E-state index in [1.165, 1.54) is 31.4 Å². The number of carboxylic acids is 1. The summed E-state index contributed by atoms with van der Waals surface area (Å²) in [5.41, 5.74) is 1.58. The zero-order chi connectivity index (χ0) is 15.4. The number of hydrogen-bond donors (Lipinski definition) is 1. The molecule has 0 aliphatic rings. The topological polar surface area (TPSA) is 55.8 Å². The summed E-state index contributed by atoms with van der Waals surface area (Å²) in [6, 6.07) is 8.86. The van der Waals surface area contributed by atoms with Gasteiger partial charge in [-0.1, -0.05) is 6.07 Å². The molecule has 0 aliphatic carbocycles. The Morgan fingerprint density at radius 1 is 1.24 bits per heavy atom. The van der Waals surface area contributed by atoms with Crippen LogP contribution in [-0.4, -0.2) is 18.2 Å². The molecule has 0 radical (unpaired) electrons. The van der Waals surface area contributed by atoms with Crippen molar-refractivity contribution in [3.8, 4) is 11.5 Å². The van der Waals surface area contributed by atoms with E-state index in [-0.39, 0.29) is 23.7 Å². The molecule has 0 saturated carbocycles. The molecule has 21 heavy (non-hydrogen) atoms. The first kappa shape index (κ1) is 14.8. The van der Waals surface area contributed by atoms with Gasteiger partial charge in [-0.25, -0.2) is 9.18 Å². The summed E-state index contributed by atoms with van der Waals surface area (Å²) in [7, 11) is 1.49. The third kappa shape index (κ3) is 3.51. The van der Waals surface area contributed by atoms with Gasteiger partial charge in [0.15, 0.2) is 0 Å². The largest absolute Gasteiger partial charge is 0.497 e. The van der Waals surface area contributed by atoms with Crippen LogP contribution in [0.4, 0.5) is 4.39 Å². The monoisotopic (exact) mass is 290 g/mol. The number of carboxylic acid groups (broad SMARTS) is 1. The predicted molar refractivity (Wildman–Crippen MR) is 75.4 cm³/mol. The first-order chi connectivity index (χ1) is 10.0. The lowest BCUT2D eigenvalue weighted by atomic mass is 10.1. The number of methoxy groups -OCH3 is 1. The number of rotatable bonds is 5. The summed E-state index contributed by atoms with van der Waals surface area (Å²) in [5, 5.41) is 9.15. The van der Waals surface area contributed by atoms with Crippen molar-refractivity contribution in [2.24, 2.45) is 0 Å². The molecule has 4 nitrogen and oxygen atoms in total. The van der Waals surface area contributed by atoms with Crippen LogP contribution in [0, 0.1) is 12.7 Å². The Hall–Kier alpha value is -2.56. The van der Waals surface area contributed by atoms with E-state index in [2.05, 4.69) is 0 Å². The summed E-state index contributed by atoms with van der Waals surface area (Å²) in [6.07, 6.45) is 0. The van der Waals surface area contributed by atoms with Crippen molar-refractivity contribution in [1.82, 2.24) is 0 Å². The van der Waals surface area contributed by atoms with Crippen LogP contribution in [0.15, 0.2) is 36.4 Å². The standard InChI is InChI=1S/C16H15FO4/c1-10-7-12(17)4-3-11(10)9-21-15-8-13(20-2)5-6-14(15)16(18)19/h3-8H,9H2,1-2H3,(H,18,19). The Bertz CT molecular complexity index is 667. The Labute approximate surface area is 121 Å². The molecule has 0 aromatic heterocycles. The fourth-order valence-corrected chi connectivity index (χ4v) is 1.90. The minimum absolute atomic E-state index is 0.0514. The molecule has 0 bridgehead atoms. The highest BCUT2D eigenvalue weighted by atomic mass is 19.1. The normalized spacial score (nSPS) is 10.2. The number of benzene rings is 2. The summed E-state index contributed by atoms with van der Waals surface area (Å²) >= 11 is 0. The maximum Gasteiger partial charge on any atom is 0.339 e. The number of ether oxygens (including phenoxy) is 2. The van der Waals surface area contributed by atoms with Crippen LogP contribution in [0.5, 0.6) is 11.5 Å². The third-order valence-corrected chi connectivity index (χ3v) is 3.11. The second-order valence-corrected chi connectivity index (χ2v) is 4.53. The molecular weight excluding hydrogens is 275 g/mol. The summed E-state index contributed by atoms with van der Waals surface area (Å²) in [5.74, 6) is -0.677. The highest BCUT2D eigenvalue weighted by molar-refractivity contribution is 5.91. The molecule has 0 heterocycles.